The highest BCUT2D eigenvalue weighted by Gasteiger charge is 2.39. The van der Waals surface area contributed by atoms with E-state index in [1.807, 2.05) is 0 Å². The van der Waals surface area contributed by atoms with Gasteiger partial charge in [-0.2, -0.15) is 0 Å². The second-order valence-electron chi connectivity index (χ2n) is 6.72. The van der Waals surface area contributed by atoms with Crippen LogP contribution in [-0.2, 0) is 17.7 Å². The number of epoxide rings is 1. The van der Waals surface area contributed by atoms with Crippen molar-refractivity contribution in [1.82, 2.24) is 0 Å². The molecule has 0 aromatic rings. The van der Waals surface area contributed by atoms with Crippen molar-refractivity contribution in [2.45, 2.75) is 57.5 Å². The van der Waals surface area contributed by atoms with Crippen LogP contribution in [0.4, 0.5) is 0 Å². The molecular formula is C12H30O4Si3. The minimum atomic E-state index is -1.67. The Morgan fingerprint density at radius 3 is 2.47 bits per heavy atom. The number of hydrogen-bond acceptors (Lipinski definition) is 4. The molecule has 1 heterocycles. The van der Waals surface area contributed by atoms with Crippen LogP contribution >= 0.6 is 0 Å². The Labute approximate surface area is 123 Å². The third-order valence-electron chi connectivity index (χ3n) is 3.93. The van der Waals surface area contributed by atoms with Crippen molar-refractivity contribution < 1.29 is 17.7 Å². The molecule has 1 saturated heterocycles. The molecule has 0 N–H and O–H groups in total. The lowest BCUT2D eigenvalue weighted by Gasteiger charge is -2.39. The van der Waals surface area contributed by atoms with Gasteiger partial charge in [0.25, 0.3) is 9.28 Å². The summed E-state index contributed by atoms with van der Waals surface area (Å²) in [6.45, 7) is 13.8. The molecule has 0 radical (unpaired) electrons. The minimum Gasteiger partial charge on any atom is -0.447 e. The first-order valence-electron chi connectivity index (χ1n) is 7.16. The van der Waals surface area contributed by atoms with Gasteiger partial charge in [-0.1, -0.05) is 20.8 Å². The Morgan fingerprint density at radius 2 is 2.00 bits per heavy atom. The monoisotopic (exact) mass is 322 g/mol. The molecule has 0 bridgehead atoms. The molecule has 1 rings (SSSR count). The normalized spacial score (nSPS) is 21.6. The number of hydrogen-bond donors (Lipinski definition) is 0. The van der Waals surface area contributed by atoms with Crippen LogP contribution < -0.4 is 0 Å². The summed E-state index contributed by atoms with van der Waals surface area (Å²) in [5.74, 6) is 0. The Balaban J connectivity index is 2.20. The van der Waals surface area contributed by atoms with Gasteiger partial charge in [0.05, 0.1) is 13.2 Å². The van der Waals surface area contributed by atoms with E-state index in [4.69, 9.17) is 17.7 Å². The number of rotatable bonds is 9. The fraction of sp³-hybridized carbons (Fsp3) is 1.00. The maximum absolute atomic E-state index is 6.40. The Bertz CT molecular complexity index is 264. The molecule has 2 unspecified atom stereocenters. The van der Waals surface area contributed by atoms with Crippen LogP contribution in [0.15, 0.2) is 0 Å². The fourth-order valence-corrected chi connectivity index (χ4v) is 8.67. The molecule has 4 nitrogen and oxygen atoms in total. The van der Waals surface area contributed by atoms with Crippen LogP contribution in [0.2, 0.25) is 24.2 Å². The van der Waals surface area contributed by atoms with Gasteiger partial charge in [-0.05, 0) is 30.6 Å². The third kappa shape index (κ3) is 6.65. The summed E-state index contributed by atoms with van der Waals surface area (Å²) >= 11 is 0. The molecule has 2 atom stereocenters. The standard InChI is InChI=1S/C12H30O4Si3/c1-12(2,3)19(4,5)16-18(15-17)8-6-7-13-9-11-10-14-11/h11,18H,6-10H2,1-5,17H3. The highest BCUT2D eigenvalue weighted by molar-refractivity contribution is 6.79. The predicted molar refractivity (Wildman–Crippen MR) is 86.4 cm³/mol. The zero-order chi connectivity index (χ0) is 14.5. The van der Waals surface area contributed by atoms with Gasteiger partial charge in [-0.15, -0.1) is 0 Å². The van der Waals surface area contributed by atoms with Gasteiger partial charge in [0.15, 0.2) is 8.32 Å². The van der Waals surface area contributed by atoms with Gasteiger partial charge in [0.2, 0.25) is 0 Å². The van der Waals surface area contributed by atoms with E-state index in [0.29, 0.717) is 6.10 Å². The summed E-state index contributed by atoms with van der Waals surface area (Å²) in [6, 6.07) is 1.06. The van der Waals surface area contributed by atoms with Crippen molar-refractivity contribution in [3.8, 4) is 0 Å². The molecule has 0 spiro atoms. The first kappa shape index (κ1) is 17.5. The molecule has 1 aliphatic rings. The van der Waals surface area contributed by atoms with Crippen LogP contribution in [0, 0.1) is 0 Å². The Hall–Kier alpha value is 0.491. The van der Waals surface area contributed by atoms with E-state index < -0.39 is 17.6 Å². The Kier molecular flexibility index (Phi) is 6.91. The third-order valence-corrected chi connectivity index (χ3v) is 13.9. The van der Waals surface area contributed by atoms with Crippen LogP contribution in [-0.4, -0.2) is 54.0 Å². The van der Waals surface area contributed by atoms with E-state index in [1.54, 1.807) is 0 Å². The summed E-state index contributed by atoms with van der Waals surface area (Å²) in [5, 5.41) is 0.262. The zero-order valence-corrected chi connectivity index (χ0v) is 17.5. The molecule has 0 aromatic carbocycles. The maximum Gasteiger partial charge on any atom is 0.300 e. The van der Waals surface area contributed by atoms with E-state index in [2.05, 4.69) is 33.9 Å². The first-order valence-corrected chi connectivity index (χ1v) is 12.6. The van der Waals surface area contributed by atoms with Gasteiger partial charge in [0, 0.05) is 6.61 Å². The highest BCUT2D eigenvalue weighted by atomic mass is 28.4. The summed E-state index contributed by atoms with van der Waals surface area (Å²) in [5.41, 5.74) is 0. The summed E-state index contributed by atoms with van der Waals surface area (Å²) in [7, 11) is -2.37. The average Bonchev–Trinajstić information content (AvgIpc) is 3.09. The van der Waals surface area contributed by atoms with Crippen molar-refractivity contribution in [3.05, 3.63) is 0 Å². The second-order valence-corrected chi connectivity index (χ2v) is 15.5. The fourth-order valence-electron chi connectivity index (χ4n) is 1.46. The number of ether oxygens (including phenoxy) is 2. The van der Waals surface area contributed by atoms with Crippen molar-refractivity contribution in [1.29, 1.82) is 0 Å². The summed E-state index contributed by atoms with van der Waals surface area (Å²) in [4.78, 5) is 0. The lowest BCUT2D eigenvalue weighted by molar-refractivity contribution is 0.116. The topological polar surface area (TPSA) is 40.2 Å². The molecule has 1 aliphatic heterocycles. The van der Waals surface area contributed by atoms with Gasteiger partial charge in [-0.25, -0.2) is 0 Å². The largest absolute Gasteiger partial charge is 0.447 e. The van der Waals surface area contributed by atoms with E-state index in [1.165, 1.54) is 0 Å². The molecular weight excluding hydrogens is 292 g/mol. The quantitative estimate of drug-likeness (QED) is 0.365. The van der Waals surface area contributed by atoms with Crippen LogP contribution in [0.3, 0.4) is 0 Å². The van der Waals surface area contributed by atoms with Crippen LogP contribution in [0.5, 0.6) is 0 Å². The summed E-state index contributed by atoms with van der Waals surface area (Å²) in [6.07, 6.45) is 1.41. The molecule has 7 heteroatoms. The van der Waals surface area contributed by atoms with Crippen molar-refractivity contribution in [2.24, 2.45) is 0 Å². The van der Waals surface area contributed by atoms with Crippen molar-refractivity contribution in [3.63, 3.8) is 0 Å². The van der Waals surface area contributed by atoms with Gasteiger partial charge in [0.1, 0.15) is 16.6 Å². The smallest absolute Gasteiger partial charge is 0.300 e. The van der Waals surface area contributed by atoms with Crippen molar-refractivity contribution >= 4 is 28.1 Å². The van der Waals surface area contributed by atoms with E-state index in [9.17, 15) is 0 Å². The van der Waals surface area contributed by atoms with E-state index >= 15 is 0 Å². The minimum absolute atomic E-state index is 0.262. The predicted octanol–water partition coefficient (Wildman–Crippen LogP) is 1.33. The molecule has 0 aliphatic carbocycles. The van der Waals surface area contributed by atoms with Gasteiger partial charge in [-0.3, -0.25) is 0 Å². The van der Waals surface area contributed by atoms with Crippen LogP contribution in [0.1, 0.15) is 27.2 Å². The zero-order valence-electron chi connectivity index (χ0n) is 13.3. The SMILES string of the molecule is CC(C)(C)[Si](C)(C)O[SiH](CCCOCC1CO1)O[SiH3]. The average molecular weight is 323 g/mol. The molecule has 0 aromatic heterocycles. The van der Waals surface area contributed by atoms with E-state index in [0.717, 1.165) is 42.8 Å². The lowest BCUT2D eigenvalue weighted by Crippen LogP contribution is -2.46. The van der Waals surface area contributed by atoms with Gasteiger partial charge < -0.3 is 17.7 Å². The molecule has 114 valence electrons. The second kappa shape index (κ2) is 7.49. The van der Waals surface area contributed by atoms with Crippen molar-refractivity contribution in [2.75, 3.05) is 19.8 Å². The highest BCUT2D eigenvalue weighted by Crippen LogP contribution is 2.37. The van der Waals surface area contributed by atoms with E-state index in [-0.39, 0.29) is 5.04 Å². The molecule has 1 fully saturated rings. The first-order chi connectivity index (χ1) is 8.76. The Morgan fingerprint density at radius 1 is 1.37 bits per heavy atom. The maximum atomic E-state index is 6.40. The molecule has 0 amide bonds. The van der Waals surface area contributed by atoms with Crippen LogP contribution in [0.25, 0.3) is 0 Å². The molecule has 19 heavy (non-hydrogen) atoms. The summed E-state index contributed by atoms with van der Waals surface area (Å²) < 4.78 is 22.8. The van der Waals surface area contributed by atoms with Gasteiger partial charge >= 0.3 is 0 Å². The molecule has 0 saturated carbocycles. The lowest BCUT2D eigenvalue weighted by atomic mass is 10.2.